The van der Waals surface area contributed by atoms with Crippen molar-refractivity contribution in [2.45, 2.75) is 6.92 Å². The number of thiophene rings is 1. The van der Waals surface area contributed by atoms with E-state index in [-0.39, 0.29) is 38.5 Å². The van der Waals surface area contributed by atoms with Crippen molar-refractivity contribution in [1.82, 2.24) is 0 Å². The first-order valence-electron chi connectivity index (χ1n) is 6.37. The second-order valence-electron chi connectivity index (χ2n) is 4.73. The molecule has 0 amide bonds. The van der Waals surface area contributed by atoms with Crippen LogP contribution < -0.4 is 0 Å². The van der Waals surface area contributed by atoms with Crippen molar-refractivity contribution in [3.8, 4) is 0 Å². The average Bonchev–Trinajstić information content (AvgIpc) is 2.89. The fraction of sp³-hybridized carbons (Fsp3) is 0.0556. The molecule has 0 aliphatic rings. The van der Waals surface area contributed by atoms with Crippen LogP contribution in [0.2, 0.25) is 0 Å². The first-order chi connectivity index (χ1) is 9.69. The number of hydrogen-bond donors (Lipinski definition) is 0. The van der Waals surface area contributed by atoms with Gasteiger partial charge in [0.1, 0.15) is 5.78 Å². The Morgan fingerprint density at radius 2 is 1.90 bits per heavy atom. The van der Waals surface area contributed by atoms with Gasteiger partial charge in [0.05, 0.1) is 0 Å². The molecule has 3 rings (SSSR count). The number of rotatable bonds is 3. The Morgan fingerprint density at radius 1 is 1.19 bits per heavy atom. The normalized spacial score (nSPS) is 10.1. The predicted molar refractivity (Wildman–Crippen MR) is 85.4 cm³/mol. The average molecular weight is 366 g/mol. The van der Waals surface area contributed by atoms with E-state index in [9.17, 15) is 4.79 Å². The van der Waals surface area contributed by atoms with Gasteiger partial charge in [-0.3, -0.25) is 11.3 Å². The molecule has 0 atom stereocenters. The number of carbonyl (C=O) groups excluding carboxylic acids is 1. The number of benzene rings is 2. The second-order valence-corrected chi connectivity index (χ2v) is 5.58. The van der Waals surface area contributed by atoms with Gasteiger partial charge in [-0.05, 0) is 18.1 Å². The Bertz CT molecular complexity index is 800. The minimum atomic E-state index is 0. The quantitative estimate of drug-likeness (QED) is 0.477. The number of fused-ring (bicyclic) bond motifs is 1. The van der Waals surface area contributed by atoms with Crippen LogP contribution in [0.4, 0.5) is 0 Å². The van der Waals surface area contributed by atoms with Gasteiger partial charge in [0.25, 0.3) is 0 Å². The molecule has 0 N–H and O–H groups in total. The topological polar surface area (TPSA) is 17.1 Å². The molecule has 0 aliphatic carbocycles. The molecular weight excluding hydrogens is 353 g/mol. The van der Waals surface area contributed by atoms with E-state index in [0.717, 1.165) is 15.6 Å². The Labute approximate surface area is 153 Å². The van der Waals surface area contributed by atoms with E-state index in [1.54, 1.807) is 6.08 Å². The zero-order valence-electron chi connectivity index (χ0n) is 11.7. The van der Waals surface area contributed by atoms with Gasteiger partial charge >= 0.3 is 0 Å². The van der Waals surface area contributed by atoms with Crippen molar-refractivity contribution < 1.29 is 37.5 Å². The van der Waals surface area contributed by atoms with Crippen LogP contribution in [0.1, 0.15) is 27.0 Å². The molecule has 21 heavy (non-hydrogen) atoms. The maximum Gasteiger partial charge on any atom is 0.108 e. The summed E-state index contributed by atoms with van der Waals surface area (Å²) in [6, 6.07) is 13.6. The summed E-state index contributed by atoms with van der Waals surface area (Å²) in [4.78, 5) is 12.6. The summed E-state index contributed by atoms with van der Waals surface area (Å²) in [5.41, 5.74) is 3.56. The summed E-state index contributed by atoms with van der Waals surface area (Å²) in [6.45, 7) is 5.77. The van der Waals surface area contributed by atoms with Crippen LogP contribution in [-0.2, 0) is 32.7 Å². The Kier molecular flexibility index (Phi) is 5.26. The van der Waals surface area contributed by atoms with Crippen molar-refractivity contribution in [2.75, 3.05) is 0 Å². The van der Waals surface area contributed by atoms with Crippen LogP contribution in [0.3, 0.4) is 0 Å². The van der Waals surface area contributed by atoms with Gasteiger partial charge in [-0.2, -0.15) is 0 Å². The molecule has 0 unspecified atom stereocenters. The minimum absolute atomic E-state index is 0. The Balaban J connectivity index is 0.00000161. The van der Waals surface area contributed by atoms with Crippen molar-refractivity contribution in [3.05, 3.63) is 76.7 Å². The molecule has 2 aromatic carbocycles. The molecule has 3 aromatic rings. The monoisotopic (exact) mass is 366 g/mol. The van der Waals surface area contributed by atoms with Crippen LogP contribution in [0.25, 0.3) is 16.2 Å². The van der Waals surface area contributed by atoms with Crippen LogP contribution >= 0.6 is 11.3 Å². The molecule has 1 heterocycles. The third-order valence-corrected chi connectivity index (χ3v) is 4.17. The zero-order valence-corrected chi connectivity index (χ0v) is 15.4. The molecule has 0 spiro atoms. The van der Waals surface area contributed by atoms with Gasteiger partial charge < -0.3 is 4.79 Å². The third kappa shape index (κ3) is 3.23. The van der Waals surface area contributed by atoms with Gasteiger partial charge in [0.2, 0.25) is 0 Å². The van der Waals surface area contributed by atoms with E-state index in [4.69, 9.17) is 0 Å². The van der Waals surface area contributed by atoms with Crippen molar-refractivity contribution in [2.24, 2.45) is 0 Å². The van der Waals surface area contributed by atoms with Crippen molar-refractivity contribution >= 4 is 33.3 Å². The first kappa shape index (κ1) is 16.3. The van der Waals surface area contributed by atoms with Crippen LogP contribution in [0.5, 0.6) is 0 Å². The summed E-state index contributed by atoms with van der Waals surface area (Å²) >= 11 is 1.50. The summed E-state index contributed by atoms with van der Waals surface area (Å²) in [7, 11) is 0. The Hall–Kier alpha value is -1.09. The molecule has 0 saturated carbocycles. The summed E-state index contributed by atoms with van der Waals surface area (Å²) < 4.78 is 1.11. The van der Waals surface area contributed by atoms with E-state index < -0.39 is 0 Å². The number of carbonyl (C=O) groups is 1. The fourth-order valence-electron chi connectivity index (χ4n) is 2.17. The zero-order chi connectivity index (χ0) is 14.1. The molecule has 101 valence electrons. The largest absolute Gasteiger partial charge is 0.346 e. The third-order valence-electron chi connectivity index (χ3n) is 3.31. The van der Waals surface area contributed by atoms with E-state index in [0.29, 0.717) is 11.1 Å². The van der Waals surface area contributed by atoms with Gasteiger partial charge in [-0.25, -0.2) is 0 Å². The smallest absolute Gasteiger partial charge is 0.108 e. The SMILES string of the molecule is C=Cc1ccc(C(=O)c2[c-]sc3cc(C)ccc23)cc1.[Y]. The maximum atomic E-state index is 12.6. The molecule has 0 fully saturated rings. The molecular formula is C18H13OSY-. The van der Waals surface area contributed by atoms with E-state index >= 15 is 0 Å². The van der Waals surface area contributed by atoms with E-state index in [1.807, 2.05) is 36.4 Å². The standard InChI is InChI=1S/C18H13OS.Y/c1-3-13-5-7-14(8-6-13)18(19)16-11-20-17-10-12(2)4-9-15(16)17;/h3-10H,1H2,2H3;/q-1;. The van der Waals surface area contributed by atoms with E-state index in [2.05, 4.69) is 24.9 Å². The van der Waals surface area contributed by atoms with Crippen LogP contribution in [0.15, 0.2) is 49.0 Å². The van der Waals surface area contributed by atoms with Crippen molar-refractivity contribution in [3.63, 3.8) is 0 Å². The number of aryl methyl sites for hydroxylation is 1. The molecule has 1 aromatic heterocycles. The Morgan fingerprint density at radius 3 is 2.57 bits per heavy atom. The van der Waals surface area contributed by atoms with Crippen molar-refractivity contribution in [1.29, 1.82) is 0 Å². The van der Waals surface area contributed by atoms with Gasteiger partial charge in [-0.1, -0.05) is 70.3 Å². The van der Waals surface area contributed by atoms with Crippen LogP contribution in [-0.4, -0.2) is 5.78 Å². The van der Waals surface area contributed by atoms with Gasteiger partial charge in [-0.15, -0.1) is 11.5 Å². The molecule has 0 bridgehead atoms. The number of ketones is 1. The molecule has 3 heteroatoms. The summed E-state index contributed by atoms with van der Waals surface area (Å²) in [5, 5.41) is 4.12. The first-order valence-corrected chi connectivity index (χ1v) is 7.19. The van der Waals surface area contributed by atoms with Crippen LogP contribution in [0, 0.1) is 12.3 Å². The maximum absolute atomic E-state index is 12.6. The molecule has 1 nitrogen and oxygen atoms in total. The fourth-order valence-corrected chi connectivity index (χ4v) is 3.10. The number of hydrogen-bond acceptors (Lipinski definition) is 2. The van der Waals surface area contributed by atoms with Gasteiger partial charge in [0.15, 0.2) is 0 Å². The molecule has 0 aliphatic heterocycles. The second kappa shape index (κ2) is 6.78. The van der Waals surface area contributed by atoms with Gasteiger partial charge in [0, 0.05) is 32.7 Å². The summed E-state index contributed by atoms with van der Waals surface area (Å²) in [5.74, 6) is 0.0238. The summed E-state index contributed by atoms with van der Waals surface area (Å²) in [6.07, 6.45) is 1.77. The molecule has 1 radical (unpaired) electrons. The van der Waals surface area contributed by atoms with E-state index in [1.165, 1.54) is 16.9 Å². The molecule has 0 saturated heterocycles. The minimum Gasteiger partial charge on any atom is -0.346 e. The predicted octanol–water partition coefficient (Wildman–Crippen LogP) is 4.88.